The first kappa shape index (κ1) is 22.8. The number of imide groups is 1. The Morgan fingerprint density at radius 1 is 1.03 bits per heavy atom. The standard InChI is InChI=1S/C25H25FN2O5/c1-16-3-2-12-27(14-16)21-13-23(30)28(24(21)31)20-10-6-18(7-11-20)25(32)33-15-22(29)17-4-8-19(26)9-5-17/h4-11,16,21H,2-3,12-15H2,1H3. The fraction of sp³-hybridized carbons (Fsp3) is 0.360. The molecule has 2 unspecified atom stereocenters. The summed E-state index contributed by atoms with van der Waals surface area (Å²) in [5, 5.41) is 0. The van der Waals surface area contributed by atoms with Gasteiger partial charge in [0.05, 0.1) is 23.7 Å². The average molecular weight is 452 g/mol. The van der Waals surface area contributed by atoms with E-state index in [1.54, 1.807) is 0 Å². The molecule has 0 spiro atoms. The molecular formula is C25H25FN2O5. The molecule has 33 heavy (non-hydrogen) atoms. The van der Waals surface area contributed by atoms with Gasteiger partial charge in [-0.15, -0.1) is 0 Å². The predicted molar refractivity (Wildman–Crippen MR) is 118 cm³/mol. The van der Waals surface area contributed by atoms with Crippen LogP contribution in [0.15, 0.2) is 48.5 Å². The Morgan fingerprint density at radius 2 is 1.70 bits per heavy atom. The summed E-state index contributed by atoms with van der Waals surface area (Å²) in [6.07, 6.45) is 2.29. The summed E-state index contributed by atoms with van der Waals surface area (Å²) in [5.41, 5.74) is 0.825. The number of hydrogen-bond donors (Lipinski definition) is 0. The third-order valence-corrected chi connectivity index (χ3v) is 6.11. The van der Waals surface area contributed by atoms with Gasteiger partial charge in [0.25, 0.3) is 5.91 Å². The van der Waals surface area contributed by atoms with Crippen molar-refractivity contribution in [1.29, 1.82) is 0 Å². The minimum absolute atomic E-state index is 0.154. The SMILES string of the molecule is CC1CCCN(C2CC(=O)N(c3ccc(C(=O)OCC(=O)c4ccc(F)cc4)cc3)C2=O)C1. The Labute approximate surface area is 191 Å². The first-order valence-corrected chi connectivity index (χ1v) is 11.0. The molecule has 7 nitrogen and oxygen atoms in total. The third-order valence-electron chi connectivity index (χ3n) is 6.11. The Bertz CT molecular complexity index is 1070. The summed E-state index contributed by atoms with van der Waals surface area (Å²) >= 11 is 0. The largest absolute Gasteiger partial charge is 0.454 e. The Kier molecular flexibility index (Phi) is 6.65. The van der Waals surface area contributed by atoms with Crippen molar-refractivity contribution < 1.29 is 28.3 Å². The van der Waals surface area contributed by atoms with E-state index in [0.717, 1.165) is 38.1 Å². The second-order valence-electron chi connectivity index (χ2n) is 8.58. The van der Waals surface area contributed by atoms with E-state index in [1.807, 2.05) is 0 Å². The van der Waals surface area contributed by atoms with Crippen molar-refractivity contribution in [2.75, 3.05) is 24.6 Å². The van der Waals surface area contributed by atoms with Gasteiger partial charge in [0.2, 0.25) is 5.91 Å². The number of hydrogen-bond acceptors (Lipinski definition) is 6. The van der Waals surface area contributed by atoms with Crippen molar-refractivity contribution in [3.05, 3.63) is 65.5 Å². The average Bonchev–Trinajstić information content (AvgIpc) is 3.11. The fourth-order valence-electron chi connectivity index (χ4n) is 4.36. The molecule has 8 heteroatoms. The maximum Gasteiger partial charge on any atom is 0.338 e. The Balaban J connectivity index is 1.37. The summed E-state index contributed by atoms with van der Waals surface area (Å²) in [7, 11) is 0. The van der Waals surface area contributed by atoms with E-state index in [4.69, 9.17) is 4.74 Å². The predicted octanol–water partition coefficient (Wildman–Crippen LogP) is 3.23. The van der Waals surface area contributed by atoms with E-state index >= 15 is 0 Å². The molecule has 0 radical (unpaired) electrons. The summed E-state index contributed by atoms with van der Waals surface area (Å²) in [4.78, 5) is 53.2. The van der Waals surface area contributed by atoms with E-state index in [9.17, 15) is 23.6 Å². The lowest BCUT2D eigenvalue weighted by molar-refractivity contribution is -0.123. The van der Waals surface area contributed by atoms with Gasteiger partial charge >= 0.3 is 5.97 Å². The molecule has 2 saturated heterocycles. The lowest BCUT2D eigenvalue weighted by Crippen LogP contribution is -2.46. The minimum Gasteiger partial charge on any atom is -0.454 e. The number of esters is 1. The molecule has 2 aliphatic heterocycles. The quantitative estimate of drug-likeness (QED) is 0.380. The zero-order valence-electron chi connectivity index (χ0n) is 18.3. The smallest absolute Gasteiger partial charge is 0.338 e. The molecule has 2 aromatic rings. The van der Waals surface area contributed by atoms with Gasteiger partial charge in [-0.3, -0.25) is 19.3 Å². The van der Waals surface area contributed by atoms with Gasteiger partial charge in [0.15, 0.2) is 12.4 Å². The number of carbonyl (C=O) groups excluding carboxylic acids is 4. The molecule has 2 aliphatic rings. The summed E-state index contributed by atoms with van der Waals surface area (Å²) in [6.45, 7) is 3.28. The van der Waals surface area contributed by atoms with E-state index in [0.29, 0.717) is 11.6 Å². The number of ketones is 1. The first-order valence-electron chi connectivity index (χ1n) is 11.0. The molecular weight excluding hydrogens is 427 g/mol. The number of rotatable bonds is 6. The molecule has 2 heterocycles. The van der Waals surface area contributed by atoms with Crippen LogP contribution >= 0.6 is 0 Å². The Morgan fingerprint density at radius 3 is 2.36 bits per heavy atom. The highest BCUT2D eigenvalue weighted by molar-refractivity contribution is 6.22. The second kappa shape index (κ2) is 9.62. The molecule has 0 bridgehead atoms. The zero-order valence-corrected chi connectivity index (χ0v) is 18.3. The van der Waals surface area contributed by atoms with Crippen molar-refractivity contribution in [3.8, 4) is 0 Å². The Hall–Kier alpha value is -3.39. The van der Waals surface area contributed by atoms with Crippen LogP contribution in [0.1, 0.15) is 46.9 Å². The molecule has 2 aromatic carbocycles. The van der Waals surface area contributed by atoms with Crippen LogP contribution in [0.4, 0.5) is 10.1 Å². The number of carbonyl (C=O) groups is 4. The van der Waals surface area contributed by atoms with E-state index in [-0.39, 0.29) is 29.4 Å². The number of halogens is 1. The van der Waals surface area contributed by atoms with Crippen LogP contribution in [0.5, 0.6) is 0 Å². The molecule has 2 amide bonds. The van der Waals surface area contributed by atoms with Gasteiger partial charge in [-0.05, 0) is 73.8 Å². The fourth-order valence-corrected chi connectivity index (χ4v) is 4.36. The number of amides is 2. The molecule has 0 aliphatic carbocycles. The van der Waals surface area contributed by atoms with Crippen LogP contribution in [0.25, 0.3) is 0 Å². The molecule has 0 saturated carbocycles. The number of Topliss-reactive ketones (excluding diaryl/α,β-unsaturated/α-hetero) is 1. The van der Waals surface area contributed by atoms with Gasteiger partial charge in [-0.2, -0.15) is 0 Å². The minimum atomic E-state index is -0.712. The number of nitrogens with zero attached hydrogens (tertiary/aromatic N) is 2. The molecule has 172 valence electrons. The van der Waals surface area contributed by atoms with Gasteiger partial charge < -0.3 is 4.74 Å². The maximum absolute atomic E-state index is 13.0. The second-order valence-corrected chi connectivity index (χ2v) is 8.58. The van der Waals surface area contributed by atoms with Crippen molar-refractivity contribution >= 4 is 29.3 Å². The summed E-state index contributed by atoms with van der Waals surface area (Å²) in [5.74, 6) is -1.63. The van der Waals surface area contributed by atoms with Crippen molar-refractivity contribution in [1.82, 2.24) is 4.90 Å². The highest BCUT2D eigenvalue weighted by Gasteiger charge is 2.43. The van der Waals surface area contributed by atoms with Gasteiger partial charge in [-0.1, -0.05) is 6.92 Å². The van der Waals surface area contributed by atoms with Crippen molar-refractivity contribution in [2.45, 2.75) is 32.2 Å². The molecule has 4 rings (SSSR count). The normalized spacial score (nSPS) is 21.3. The van der Waals surface area contributed by atoms with Crippen LogP contribution in [-0.2, 0) is 14.3 Å². The maximum atomic E-state index is 13.0. The monoisotopic (exact) mass is 452 g/mol. The molecule has 0 aromatic heterocycles. The number of ether oxygens (including phenoxy) is 1. The number of likely N-dealkylation sites (tertiary alicyclic amines) is 1. The van der Waals surface area contributed by atoms with E-state index in [1.165, 1.54) is 41.3 Å². The highest BCUT2D eigenvalue weighted by Crippen LogP contribution is 2.28. The van der Waals surface area contributed by atoms with Crippen LogP contribution in [0.2, 0.25) is 0 Å². The summed E-state index contributed by atoms with van der Waals surface area (Å²) in [6, 6.07) is 10.5. The molecule has 2 fully saturated rings. The lowest BCUT2D eigenvalue weighted by Gasteiger charge is -2.34. The van der Waals surface area contributed by atoms with E-state index in [2.05, 4.69) is 11.8 Å². The molecule has 2 atom stereocenters. The van der Waals surface area contributed by atoms with Crippen molar-refractivity contribution in [3.63, 3.8) is 0 Å². The lowest BCUT2D eigenvalue weighted by atomic mass is 9.98. The molecule has 0 N–H and O–H groups in total. The van der Waals surface area contributed by atoms with Crippen LogP contribution in [-0.4, -0.2) is 54.2 Å². The topological polar surface area (TPSA) is 84.0 Å². The van der Waals surface area contributed by atoms with Gasteiger partial charge in [0.1, 0.15) is 5.82 Å². The number of benzene rings is 2. The van der Waals surface area contributed by atoms with Crippen molar-refractivity contribution in [2.24, 2.45) is 5.92 Å². The third kappa shape index (κ3) is 5.01. The van der Waals surface area contributed by atoms with Gasteiger partial charge in [0, 0.05) is 12.1 Å². The zero-order chi connectivity index (χ0) is 23.5. The first-order chi connectivity index (χ1) is 15.8. The van der Waals surface area contributed by atoms with E-state index < -0.39 is 30.2 Å². The highest BCUT2D eigenvalue weighted by atomic mass is 19.1. The van der Waals surface area contributed by atoms with Crippen LogP contribution in [0.3, 0.4) is 0 Å². The number of piperidine rings is 1. The van der Waals surface area contributed by atoms with Crippen LogP contribution in [0, 0.1) is 11.7 Å². The van der Waals surface area contributed by atoms with Gasteiger partial charge in [-0.25, -0.2) is 14.1 Å². The summed E-state index contributed by atoms with van der Waals surface area (Å²) < 4.78 is 18.0. The van der Waals surface area contributed by atoms with Crippen LogP contribution < -0.4 is 4.90 Å². The number of anilines is 1.